The van der Waals surface area contributed by atoms with Crippen molar-refractivity contribution < 1.29 is 24.2 Å². The summed E-state index contributed by atoms with van der Waals surface area (Å²) in [6.07, 6.45) is 11.4. The summed E-state index contributed by atoms with van der Waals surface area (Å²) >= 11 is 0. The van der Waals surface area contributed by atoms with Crippen LogP contribution in [0.3, 0.4) is 0 Å². The van der Waals surface area contributed by atoms with Gasteiger partial charge in [-0.1, -0.05) is 71.6 Å². The van der Waals surface area contributed by atoms with Crippen molar-refractivity contribution in [3.05, 3.63) is 0 Å². The van der Waals surface area contributed by atoms with E-state index in [1.807, 2.05) is 0 Å². The Labute approximate surface area is 159 Å². The normalized spacial score (nSPS) is 13.2. The molecule has 0 aromatic heterocycles. The number of unbranched alkanes of at least 4 members (excludes halogenated alkanes) is 8. The molecule has 0 bridgehead atoms. The standard InChI is InChI=1S/C21H40O5/c1-4-6-8-10-12-14-18(22)16-21(24)26-19(17-20(23)25-3)15-13-11-9-7-5-2/h18-19,22H,4-17H2,1-3H3. The third kappa shape index (κ3) is 15.2. The van der Waals surface area contributed by atoms with Gasteiger partial charge in [0.05, 0.1) is 26.1 Å². The van der Waals surface area contributed by atoms with Crippen LogP contribution in [0.1, 0.15) is 104 Å². The number of methoxy groups -OCH3 is 1. The van der Waals surface area contributed by atoms with Crippen LogP contribution in [-0.4, -0.2) is 36.4 Å². The highest BCUT2D eigenvalue weighted by Crippen LogP contribution is 2.15. The Balaban J connectivity index is 4.14. The molecule has 0 rings (SSSR count). The minimum Gasteiger partial charge on any atom is -0.469 e. The predicted octanol–water partition coefficient (Wildman–Crippen LogP) is 4.93. The quantitative estimate of drug-likeness (QED) is 0.289. The van der Waals surface area contributed by atoms with Gasteiger partial charge in [0.2, 0.25) is 0 Å². The maximum absolute atomic E-state index is 12.1. The summed E-state index contributed by atoms with van der Waals surface area (Å²) in [5, 5.41) is 10.00. The average Bonchev–Trinajstić information content (AvgIpc) is 2.60. The van der Waals surface area contributed by atoms with Crippen LogP contribution in [0.15, 0.2) is 0 Å². The molecule has 0 spiro atoms. The zero-order chi connectivity index (χ0) is 19.6. The van der Waals surface area contributed by atoms with Crippen LogP contribution in [0.5, 0.6) is 0 Å². The Kier molecular flexibility index (Phi) is 16.6. The summed E-state index contributed by atoms with van der Waals surface area (Å²) in [4.78, 5) is 23.6. The lowest BCUT2D eigenvalue weighted by Gasteiger charge is -2.18. The van der Waals surface area contributed by atoms with E-state index in [1.54, 1.807) is 0 Å². The molecule has 2 atom stereocenters. The second kappa shape index (κ2) is 17.3. The number of rotatable bonds is 17. The van der Waals surface area contributed by atoms with Crippen molar-refractivity contribution in [1.82, 2.24) is 0 Å². The van der Waals surface area contributed by atoms with Gasteiger partial charge in [0.25, 0.3) is 0 Å². The molecule has 2 unspecified atom stereocenters. The van der Waals surface area contributed by atoms with Crippen molar-refractivity contribution in [2.45, 2.75) is 116 Å². The number of hydrogen-bond donors (Lipinski definition) is 1. The molecule has 0 aliphatic heterocycles. The van der Waals surface area contributed by atoms with Crippen LogP contribution >= 0.6 is 0 Å². The Hall–Kier alpha value is -1.10. The van der Waals surface area contributed by atoms with Gasteiger partial charge < -0.3 is 14.6 Å². The Bertz CT molecular complexity index is 356. The number of aliphatic hydroxyl groups excluding tert-OH is 1. The molecule has 0 radical (unpaired) electrons. The van der Waals surface area contributed by atoms with Gasteiger partial charge in [0.1, 0.15) is 6.10 Å². The Morgan fingerprint density at radius 2 is 1.31 bits per heavy atom. The molecule has 0 heterocycles. The SMILES string of the molecule is CCCCCCCC(O)CC(=O)OC(CCCCCCC)CC(=O)OC. The molecule has 0 saturated carbocycles. The van der Waals surface area contributed by atoms with Crippen molar-refractivity contribution in [1.29, 1.82) is 0 Å². The van der Waals surface area contributed by atoms with Gasteiger partial charge in [-0.15, -0.1) is 0 Å². The van der Waals surface area contributed by atoms with E-state index in [9.17, 15) is 14.7 Å². The largest absolute Gasteiger partial charge is 0.469 e. The zero-order valence-corrected chi connectivity index (χ0v) is 17.1. The molecule has 5 heteroatoms. The van der Waals surface area contributed by atoms with Crippen LogP contribution in [0.4, 0.5) is 0 Å². The number of ether oxygens (including phenoxy) is 2. The first kappa shape index (κ1) is 24.9. The van der Waals surface area contributed by atoms with Gasteiger partial charge >= 0.3 is 11.9 Å². The minimum absolute atomic E-state index is 0.00127. The fourth-order valence-electron chi connectivity index (χ4n) is 2.96. The number of esters is 2. The van der Waals surface area contributed by atoms with Crippen molar-refractivity contribution in [2.24, 2.45) is 0 Å². The van der Waals surface area contributed by atoms with Crippen LogP contribution in [0.25, 0.3) is 0 Å². The van der Waals surface area contributed by atoms with E-state index in [0.717, 1.165) is 32.1 Å². The lowest BCUT2D eigenvalue weighted by molar-refractivity contribution is -0.156. The van der Waals surface area contributed by atoms with Crippen molar-refractivity contribution >= 4 is 11.9 Å². The maximum Gasteiger partial charge on any atom is 0.309 e. The maximum atomic E-state index is 12.1. The van der Waals surface area contributed by atoms with E-state index in [-0.39, 0.29) is 18.8 Å². The lowest BCUT2D eigenvalue weighted by Crippen LogP contribution is -2.25. The van der Waals surface area contributed by atoms with E-state index >= 15 is 0 Å². The number of aliphatic hydroxyl groups is 1. The van der Waals surface area contributed by atoms with E-state index in [4.69, 9.17) is 9.47 Å². The van der Waals surface area contributed by atoms with Crippen LogP contribution in [-0.2, 0) is 19.1 Å². The monoisotopic (exact) mass is 372 g/mol. The van der Waals surface area contributed by atoms with Crippen molar-refractivity contribution in [2.75, 3.05) is 7.11 Å². The molecular formula is C21H40O5. The molecule has 0 fully saturated rings. The van der Waals surface area contributed by atoms with E-state index in [2.05, 4.69) is 13.8 Å². The molecule has 0 saturated heterocycles. The summed E-state index contributed by atoms with van der Waals surface area (Å²) < 4.78 is 10.1. The van der Waals surface area contributed by atoms with Crippen molar-refractivity contribution in [3.63, 3.8) is 0 Å². The van der Waals surface area contributed by atoms with Crippen molar-refractivity contribution in [3.8, 4) is 0 Å². The second-order valence-electron chi connectivity index (χ2n) is 7.16. The molecular weight excluding hydrogens is 332 g/mol. The molecule has 0 aromatic rings. The van der Waals surface area contributed by atoms with Gasteiger partial charge in [-0.3, -0.25) is 9.59 Å². The Morgan fingerprint density at radius 1 is 0.769 bits per heavy atom. The highest BCUT2D eigenvalue weighted by molar-refractivity contribution is 5.72. The molecule has 26 heavy (non-hydrogen) atoms. The van der Waals surface area contributed by atoms with Crippen LogP contribution in [0.2, 0.25) is 0 Å². The predicted molar refractivity (Wildman–Crippen MR) is 104 cm³/mol. The smallest absolute Gasteiger partial charge is 0.309 e. The lowest BCUT2D eigenvalue weighted by atomic mass is 10.1. The summed E-state index contributed by atoms with van der Waals surface area (Å²) in [6.45, 7) is 4.33. The van der Waals surface area contributed by atoms with Crippen LogP contribution in [0, 0.1) is 0 Å². The van der Waals surface area contributed by atoms with Gasteiger partial charge in [0, 0.05) is 0 Å². The molecule has 5 nitrogen and oxygen atoms in total. The van der Waals surface area contributed by atoms with Gasteiger partial charge in [-0.05, 0) is 19.3 Å². The van der Waals surface area contributed by atoms with Gasteiger partial charge in [0.15, 0.2) is 0 Å². The summed E-state index contributed by atoms with van der Waals surface area (Å²) in [6, 6.07) is 0. The third-order valence-electron chi connectivity index (χ3n) is 4.59. The van der Waals surface area contributed by atoms with E-state index in [1.165, 1.54) is 39.2 Å². The topological polar surface area (TPSA) is 72.8 Å². The summed E-state index contributed by atoms with van der Waals surface area (Å²) in [5.41, 5.74) is 0. The molecule has 0 aromatic carbocycles. The van der Waals surface area contributed by atoms with E-state index in [0.29, 0.717) is 12.8 Å². The molecule has 0 aliphatic carbocycles. The fraction of sp³-hybridized carbons (Fsp3) is 0.905. The molecule has 1 N–H and O–H groups in total. The zero-order valence-electron chi connectivity index (χ0n) is 17.1. The minimum atomic E-state index is -0.660. The first-order valence-electron chi connectivity index (χ1n) is 10.5. The highest BCUT2D eigenvalue weighted by atomic mass is 16.6. The fourth-order valence-corrected chi connectivity index (χ4v) is 2.96. The number of hydrogen-bond acceptors (Lipinski definition) is 5. The van der Waals surface area contributed by atoms with E-state index < -0.39 is 18.2 Å². The Morgan fingerprint density at radius 3 is 1.85 bits per heavy atom. The molecule has 0 aliphatic rings. The first-order chi connectivity index (χ1) is 12.5. The number of carbonyl (C=O) groups is 2. The third-order valence-corrected chi connectivity index (χ3v) is 4.59. The van der Waals surface area contributed by atoms with Gasteiger partial charge in [-0.2, -0.15) is 0 Å². The molecule has 0 amide bonds. The first-order valence-corrected chi connectivity index (χ1v) is 10.5. The highest BCUT2D eigenvalue weighted by Gasteiger charge is 2.20. The van der Waals surface area contributed by atoms with Gasteiger partial charge in [-0.25, -0.2) is 0 Å². The number of carbonyl (C=O) groups excluding carboxylic acids is 2. The summed E-state index contributed by atoms with van der Waals surface area (Å²) in [7, 11) is 1.34. The summed E-state index contributed by atoms with van der Waals surface area (Å²) in [5.74, 6) is -0.790. The molecule has 154 valence electrons. The van der Waals surface area contributed by atoms with Crippen LogP contribution < -0.4 is 0 Å². The average molecular weight is 373 g/mol. The second-order valence-corrected chi connectivity index (χ2v) is 7.16.